The normalized spacial score (nSPS) is 19.6. The Morgan fingerprint density at radius 3 is 2.50 bits per heavy atom. The second kappa shape index (κ2) is 6.24. The van der Waals surface area contributed by atoms with Gasteiger partial charge in [-0.3, -0.25) is 4.79 Å². The molecule has 1 unspecified atom stereocenters. The fourth-order valence-electron chi connectivity index (χ4n) is 1.73. The van der Waals surface area contributed by atoms with Gasteiger partial charge in [-0.1, -0.05) is 32.6 Å². The van der Waals surface area contributed by atoms with E-state index in [4.69, 9.17) is 9.47 Å². The first-order valence-corrected chi connectivity index (χ1v) is 6.39. The Hall–Kier alpha value is -0.570. The zero-order chi connectivity index (χ0) is 12.0. The number of ether oxygens (including phenoxy) is 2. The third kappa shape index (κ3) is 4.97. The first-order chi connectivity index (χ1) is 7.56. The maximum Gasteiger partial charge on any atom is 0.306 e. The van der Waals surface area contributed by atoms with Gasteiger partial charge in [-0.25, -0.2) is 0 Å². The van der Waals surface area contributed by atoms with Crippen molar-refractivity contribution in [1.29, 1.82) is 0 Å². The third-order valence-electron chi connectivity index (χ3n) is 2.97. The van der Waals surface area contributed by atoms with Crippen LogP contribution in [0.5, 0.6) is 0 Å². The van der Waals surface area contributed by atoms with E-state index in [1.807, 2.05) is 13.8 Å². The molecule has 1 rings (SSSR count). The molecule has 0 aliphatic carbocycles. The summed E-state index contributed by atoms with van der Waals surface area (Å²) in [6, 6.07) is 0. The molecule has 1 aliphatic rings. The van der Waals surface area contributed by atoms with Crippen LogP contribution >= 0.6 is 0 Å². The number of unbranched alkanes of at least 4 members (excludes halogenated alkanes) is 4. The second-order valence-corrected chi connectivity index (χ2v) is 5.06. The molecule has 0 aromatic heterocycles. The summed E-state index contributed by atoms with van der Waals surface area (Å²) in [6.07, 6.45) is 6.44. The minimum absolute atomic E-state index is 0.0861. The van der Waals surface area contributed by atoms with Gasteiger partial charge in [-0.05, 0) is 20.3 Å². The summed E-state index contributed by atoms with van der Waals surface area (Å²) in [4.78, 5) is 11.5. The summed E-state index contributed by atoms with van der Waals surface area (Å²) < 4.78 is 10.6. The van der Waals surface area contributed by atoms with Crippen molar-refractivity contribution in [1.82, 2.24) is 0 Å². The van der Waals surface area contributed by atoms with Gasteiger partial charge in [0.25, 0.3) is 0 Å². The van der Waals surface area contributed by atoms with Crippen molar-refractivity contribution in [2.24, 2.45) is 0 Å². The number of hydrogen-bond donors (Lipinski definition) is 0. The lowest BCUT2D eigenvalue weighted by Crippen LogP contribution is -2.34. The Bertz CT molecular complexity index is 219. The number of carbonyl (C=O) groups excluding carboxylic acids is 1. The van der Waals surface area contributed by atoms with Crippen molar-refractivity contribution >= 4 is 5.97 Å². The molecule has 0 N–H and O–H groups in total. The van der Waals surface area contributed by atoms with E-state index in [0.717, 1.165) is 19.4 Å². The van der Waals surface area contributed by atoms with Gasteiger partial charge >= 0.3 is 5.97 Å². The van der Waals surface area contributed by atoms with Gasteiger partial charge in [0, 0.05) is 6.42 Å². The minimum atomic E-state index is -0.444. The van der Waals surface area contributed by atoms with Crippen LogP contribution in [0.2, 0.25) is 0 Å². The Morgan fingerprint density at radius 1 is 1.31 bits per heavy atom. The smallest absolute Gasteiger partial charge is 0.306 e. The average Bonchev–Trinajstić information content (AvgIpc) is 2.99. The number of epoxide rings is 1. The molecular formula is C13H24O3. The summed E-state index contributed by atoms with van der Waals surface area (Å²) in [5.74, 6) is -0.0861. The highest BCUT2D eigenvalue weighted by Gasteiger charge is 2.42. The highest BCUT2D eigenvalue weighted by Crippen LogP contribution is 2.27. The van der Waals surface area contributed by atoms with Crippen LogP contribution < -0.4 is 0 Å². The molecule has 1 aliphatic heterocycles. The molecular weight excluding hydrogens is 204 g/mol. The van der Waals surface area contributed by atoms with Crippen molar-refractivity contribution in [2.45, 2.75) is 71.0 Å². The largest absolute Gasteiger partial charge is 0.457 e. The molecule has 3 nitrogen and oxygen atoms in total. The van der Waals surface area contributed by atoms with Crippen LogP contribution in [0.1, 0.15) is 59.3 Å². The lowest BCUT2D eigenvalue weighted by molar-refractivity contribution is -0.158. The van der Waals surface area contributed by atoms with Crippen molar-refractivity contribution < 1.29 is 14.3 Å². The predicted molar refractivity (Wildman–Crippen MR) is 63.3 cm³/mol. The van der Waals surface area contributed by atoms with Crippen LogP contribution in [0.25, 0.3) is 0 Å². The molecule has 1 heterocycles. The van der Waals surface area contributed by atoms with Crippen LogP contribution in [-0.2, 0) is 14.3 Å². The van der Waals surface area contributed by atoms with Crippen LogP contribution in [0.15, 0.2) is 0 Å². The molecule has 1 fully saturated rings. The lowest BCUT2D eigenvalue weighted by atomic mass is 10.1. The molecule has 0 saturated carbocycles. The number of carbonyl (C=O) groups is 1. The topological polar surface area (TPSA) is 38.8 Å². The average molecular weight is 228 g/mol. The van der Waals surface area contributed by atoms with E-state index < -0.39 is 5.60 Å². The molecule has 0 bridgehead atoms. The van der Waals surface area contributed by atoms with Crippen molar-refractivity contribution in [3.63, 3.8) is 0 Å². The van der Waals surface area contributed by atoms with E-state index >= 15 is 0 Å². The summed E-state index contributed by atoms with van der Waals surface area (Å²) in [5.41, 5.74) is -0.444. The number of rotatable bonds is 8. The fourth-order valence-corrected chi connectivity index (χ4v) is 1.73. The summed E-state index contributed by atoms with van der Waals surface area (Å²) in [7, 11) is 0. The molecule has 16 heavy (non-hydrogen) atoms. The third-order valence-corrected chi connectivity index (χ3v) is 2.97. The van der Waals surface area contributed by atoms with Gasteiger partial charge in [-0.15, -0.1) is 0 Å². The summed E-state index contributed by atoms with van der Waals surface area (Å²) in [5, 5.41) is 0. The van der Waals surface area contributed by atoms with E-state index in [9.17, 15) is 4.79 Å². The highest BCUT2D eigenvalue weighted by atomic mass is 16.6. The molecule has 1 saturated heterocycles. The van der Waals surface area contributed by atoms with Crippen molar-refractivity contribution in [2.75, 3.05) is 6.61 Å². The monoisotopic (exact) mass is 228 g/mol. The number of esters is 1. The molecule has 3 heteroatoms. The first kappa shape index (κ1) is 13.5. The first-order valence-electron chi connectivity index (χ1n) is 6.39. The fraction of sp³-hybridized carbons (Fsp3) is 0.923. The standard InChI is InChI=1S/C13H24O3/c1-4-5-6-7-8-9-12(14)16-13(2,3)11-10-15-11/h11H,4-10H2,1-3H3. The van der Waals surface area contributed by atoms with E-state index in [0.29, 0.717) is 6.42 Å². The van der Waals surface area contributed by atoms with Gasteiger partial charge in [0.05, 0.1) is 6.61 Å². The highest BCUT2D eigenvalue weighted by molar-refractivity contribution is 5.69. The second-order valence-electron chi connectivity index (χ2n) is 5.06. The summed E-state index contributed by atoms with van der Waals surface area (Å²) in [6.45, 7) is 6.74. The Balaban J connectivity index is 2.06. The molecule has 1 atom stereocenters. The van der Waals surface area contributed by atoms with Gasteiger partial charge in [0.15, 0.2) is 0 Å². The van der Waals surface area contributed by atoms with Gasteiger partial charge < -0.3 is 9.47 Å². The van der Waals surface area contributed by atoms with E-state index in [1.54, 1.807) is 0 Å². The Morgan fingerprint density at radius 2 is 1.94 bits per heavy atom. The molecule has 0 aromatic carbocycles. The van der Waals surface area contributed by atoms with Gasteiger partial charge in [0.1, 0.15) is 11.7 Å². The van der Waals surface area contributed by atoms with Crippen LogP contribution in [0, 0.1) is 0 Å². The molecule has 0 radical (unpaired) electrons. The summed E-state index contributed by atoms with van der Waals surface area (Å²) >= 11 is 0. The zero-order valence-corrected chi connectivity index (χ0v) is 10.8. The SMILES string of the molecule is CCCCCCCC(=O)OC(C)(C)C1CO1. The molecule has 94 valence electrons. The van der Waals surface area contributed by atoms with Crippen molar-refractivity contribution in [3.05, 3.63) is 0 Å². The molecule has 0 aromatic rings. The van der Waals surface area contributed by atoms with Gasteiger partial charge in [0.2, 0.25) is 0 Å². The van der Waals surface area contributed by atoms with Crippen LogP contribution in [0.3, 0.4) is 0 Å². The molecule has 0 spiro atoms. The van der Waals surface area contributed by atoms with Crippen LogP contribution in [-0.4, -0.2) is 24.3 Å². The quantitative estimate of drug-likeness (QED) is 0.364. The number of hydrogen-bond acceptors (Lipinski definition) is 3. The Labute approximate surface area is 98.5 Å². The van der Waals surface area contributed by atoms with E-state index in [-0.39, 0.29) is 12.1 Å². The lowest BCUT2D eigenvalue weighted by Gasteiger charge is -2.22. The maximum atomic E-state index is 11.5. The van der Waals surface area contributed by atoms with E-state index in [2.05, 4.69) is 6.92 Å². The Kier molecular flexibility index (Phi) is 5.26. The maximum absolute atomic E-state index is 11.5. The van der Waals surface area contributed by atoms with Crippen molar-refractivity contribution in [3.8, 4) is 0 Å². The molecule has 0 amide bonds. The van der Waals surface area contributed by atoms with E-state index in [1.165, 1.54) is 19.3 Å². The zero-order valence-electron chi connectivity index (χ0n) is 10.8. The van der Waals surface area contributed by atoms with Crippen LogP contribution in [0.4, 0.5) is 0 Å². The van der Waals surface area contributed by atoms with Gasteiger partial charge in [-0.2, -0.15) is 0 Å². The predicted octanol–water partition coefficient (Wildman–Crippen LogP) is 3.07. The minimum Gasteiger partial charge on any atom is -0.457 e.